The fraction of sp³-hybridized carbons (Fsp3) is 0.286. The van der Waals surface area contributed by atoms with Gasteiger partial charge in [-0.15, -0.1) is 0 Å². The van der Waals surface area contributed by atoms with Gasteiger partial charge in [0.15, 0.2) is 0 Å². The third kappa shape index (κ3) is 5.40. The predicted octanol–water partition coefficient (Wildman–Crippen LogP) is 3.54. The van der Waals surface area contributed by atoms with Crippen LogP contribution >= 0.6 is 0 Å². The summed E-state index contributed by atoms with van der Waals surface area (Å²) in [5.74, 6) is 1.04. The van der Waals surface area contributed by atoms with Gasteiger partial charge < -0.3 is 16.0 Å². The second-order valence-corrected chi connectivity index (χ2v) is 7.24. The largest absolute Gasteiger partial charge is 0.416 e. The number of nitrogens with zero attached hydrogens (tertiary/aromatic N) is 5. The molecular weight excluding hydrogens is 407 g/mol. The lowest BCUT2D eigenvalue weighted by molar-refractivity contribution is -0.137. The van der Waals surface area contributed by atoms with Crippen LogP contribution in [0.5, 0.6) is 0 Å². The Balaban J connectivity index is 1.38. The molecule has 3 aromatic rings. The van der Waals surface area contributed by atoms with Crippen LogP contribution in [0.25, 0.3) is 0 Å². The van der Waals surface area contributed by atoms with Crippen LogP contribution in [0.2, 0.25) is 0 Å². The zero-order valence-electron chi connectivity index (χ0n) is 16.7. The highest BCUT2D eigenvalue weighted by molar-refractivity contribution is 5.53. The second kappa shape index (κ2) is 8.76. The Hall–Kier alpha value is -3.40. The molecule has 0 amide bonds. The maximum absolute atomic E-state index is 13.0. The molecule has 1 aliphatic rings. The van der Waals surface area contributed by atoms with E-state index in [0.29, 0.717) is 50.2 Å². The fourth-order valence-electron chi connectivity index (χ4n) is 3.46. The molecule has 1 aromatic heterocycles. The van der Waals surface area contributed by atoms with Crippen molar-refractivity contribution in [2.24, 2.45) is 0 Å². The molecule has 0 bridgehead atoms. The van der Waals surface area contributed by atoms with Gasteiger partial charge >= 0.3 is 6.18 Å². The van der Waals surface area contributed by atoms with E-state index in [1.807, 2.05) is 35.2 Å². The van der Waals surface area contributed by atoms with Gasteiger partial charge in [0.1, 0.15) is 5.82 Å². The number of nitrogens with one attached hydrogen (secondary N) is 1. The average molecular weight is 429 g/mol. The van der Waals surface area contributed by atoms with Crippen molar-refractivity contribution >= 4 is 23.3 Å². The Morgan fingerprint density at radius 2 is 1.65 bits per heavy atom. The van der Waals surface area contributed by atoms with E-state index >= 15 is 0 Å². The van der Waals surface area contributed by atoms with E-state index in [1.54, 1.807) is 6.07 Å². The van der Waals surface area contributed by atoms with Crippen LogP contribution in [0, 0.1) is 0 Å². The molecule has 0 radical (unpaired) electrons. The highest BCUT2D eigenvalue weighted by Crippen LogP contribution is 2.32. The number of benzene rings is 2. The summed E-state index contributed by atoms with van der Waals surface area (Å²) in [5, 5.41) is 3.11. The van der Waals surface area contributed by atoms with E-state index in [-0.39, 0.29) is 5.95 Å². The summed E-state index contributed by atoms with van der Waals surface area (Å²) in [6.07, 6.45) is -4.35. The first kappa shape index (κ1) is 20.9. The maximum atomic E-state index is 13.0. The molecule has 31 heavy (non-hydrogen) atoms. The first-order chi connectivity index (χ1) is 14.9. The lowest BCUT2D eigenvalue weighted by atomic mass is 10.1. The molecule has 2 heterocycles. The molecule has 162 valence electrons. The molecule has 1 saturated heterocycles. The Labute approximate surface area is 177 Å². The molecule has 0 spiro atoms. The molecule has 1 aliphatic heterocycles. The van der Waals surface area contributed by atoms with E-state index in [9.17, 15) is 13.2 Å². The highest BCUT2D eigenvalue weighted by atomic mass is 19.4. The summed E-state index contributed by atoms with van der Waals surface area (Å²) < 4.78 is 38.9. The average Bonchev–Trinajstić information content (AvgIpc) is 2.74. The SMILES string of the molecule is Nc1nc(CN2CCN(c3cccc(C(F)(F)F)c3)CC2)nc(Nc2ccccc2)n1. The van der Waals surface area contributed by atoms with E-state index in [4.69, 9.17) is 5.73 Å². The summed E-state index contributed by atoms with van der Waals surface area (Å²) in [4.78, 5) is 16.9. The van der Waals surface area contributed by atoms with Crippen LogP contribution in [0.4, 0.5) is 36.4 Å². The number of alkyl halides is 3. The first-order valence-electron chi connectivity index (χ1n) is 9.84. The number of aromatic nitrogens is 3. The monoisotopic (exact) mass is 429 g/mol. The van der Waals surface area contributed by atoms with Gasteiger partial charge in [0, 0.05) is 37.6 Å². The third-order valence-corrected chi connectivity index (χ3v) is 5.00. The van der Waals surface area contributed by atoms with Crippen LogP contribution < -0.4 is 16.0 Å². The van der Waals surface area contributed by atoms with E-state index in [2.05, 4.69) is 25.2 Å². The molecule has 2 aromatic carbocycles. The van der Waals surface area contributed by atoms with Gasteiger partial charge in [-0.25, -0.2) is 0 Å². The quantitative estimate of drug-likeness (QED) is 0.642. The Kier molecular flexibility index (Phi) is 5.90. The number of piperazine rings is 1. The Bertz CT molecular complexity index is 1020. The molecule has 0 saturated carbocycles. The molecular formula is C21H22F3N7. The van der Waals surface area contributed by atoms with Crippen LogP contribution in [-0.4, -0.2) is 46.0 Å². The standard InChI is InChI=1S/C21H22F3N7/c22-21(23,24)15-5-4-8-17(13-15)31-11-9-30(10-12-31)14-18-27-19(25)29-20(28-18)26-16-6-2-1-3-7-16/h1-8,13H,9-12,14H2,(H3,25,26,27,28,29). The minimum Gasteiger partial charge on any atom is -0.369 e. The van der Waals surface area contributed by atoms with Crippen molar-refractivity contribution in [2.45, 2.75) is 12.7 Å². The number of hydrogen-bond acceptors (Lipinski definition) is 7. The lowest BCUT2D eigenvalue weighted by Gasteiger charge is -2.36. The van der Waals surface area contributed by atoms with Crippen molar-refractivity contribution in [3.05, 3.63) is 66.0 Å². The molecule has 7 nitrogen and oxygen atoms in total. The number of hydrogen-bond donors (Lipinski definition) is 2. The summed E-state index contributed by atoms with van der Waals surface area (Å²) in [5.41, 5.74) is 6.63. The van der Waals surface area contributed by atoms with Gasteiger partial charge in [0.05, 0.1) is 12.1 Å². The maximum Gasteiger partial charge on any atom is 0.416 e. The smallest absolute Gasteiger partial charge is 0.369 e. The number of anilines is 4. The van der Waals surface area contributed by atoms with E-state index in [1.165, 1.54) is 12.1 Å². The normalized spacial score (nSPS) is 15.1. The molecule has 0 unspecified atom stereocenters. The van der Waals surface area contributed by atoms with Crippen molar-refractivity contribution in [1.29, 1.82) is 0 Å². The second-order valence-electron chi connectivity index (χ2n) is 7.24. The zero-order valence-corrected chi connectivity index (χ0v) is 16.7. The minimum absolute atomic E-state index is 0.131. The van der Waals surface area contributed by atoms with Crippen molar-refractivity contribution in [3.8, 4) is 0 Å². The lowest BCUT2D eigenvalue weighted by Crippen LogP contribution is -2.46. The van der Waals surface area contributed by atoms with Crippen LogP contribution in [0.15, 0.2) is 54.6 Å². The number of para-hydroxylation sites is 1. The van der Waals surface area contributed by atoms with Crippen molar-refractivity contribution in [1.82, 2.24) is 19.9 Å². The Morgan fingerprint density at radius 1 is 0.903 bits per heavy atom. The highest BCUT2D eigenvalue weighted by Gasteiger charge is 2.31. The summed E-state index contributed by atoms with van der Waals surface area (Å²) >= 11 is 0. The van der Waals surface area contributed by atoms with Gasteiger partial charge in [-0.2, -0.15) is 28.1 Å². The topological polar surface area (TPSA) is 83.2 Å². The Morgan fingerprint density at radius 3 is 2.35 bits per heavy atom. The number of rotatable bonds is 5. The summed E-state index contributed by atoms with van der Waals surface area (Å²) in [6, 6.07) is 14.9. The molecule has 4 rings (SSSR count). The van der Waals surface area contributed by atoms with Gasteiger partial charge in [-0.1, -0.05) is 24.3 Å². The van der Waals surface area contributed by atoms with Gasteiger partial charge in [0.25, 0.3) is 0 Å². The molecule has 0 aliphatic carbocycles. The van der Waals surface area contributed by atoms with Gasteiger partial charge in [-0.3, -0.25) is 4.90 Å². The molecule has 0 atom stereocenters. The van der Waals surface area contributed by atoms with Gasteiger partial charge in [0.2, 0.25) is 11.9 Å². The van der Waals surface area contributed by atoms with Crippen LogP contribution in [0.3, 0.4) is 0 Å². The molecule has 3 N–H and O–H groups in total. The number of nitrogen functional groups attached to an aromatic ring is 1. The van der Waals surface area contributed by atoms with Crippen LogP contribution in [-0.2, 0) is 12.7 Å². The molecule has 1 fully saturated rings. The predicted molar refractivity (Wildman–Crippen MR) is 113 cm³/mol. The number of halogens is 3. The van der Waals surface area contributed by atoms with E-state index in [0.717, 1.165) is 11.8 Å². The zero-order chi connectivity index (χ0) is 21.8. The van der Waals surface area contributed by atoms with Crippen molar-refractivity contribution in [3.63, 3.8) is 0 Å². The summed E-state index contributed by atoms with van der Waals surface area (Å²) in [7, 11) is 0. The minimum atomic E-state index is -4.35. The summed E-state index contributed by atoms with van der Waals surface area (Å²) in [6.45, 7) is 3.03. The molecule has 10 heteroatoms. The fourth-order valence-corrected chi connectivity index (χ4v) is 3.46. The third-order valence-electron chi connectivity index (χ3n) is 5.00. The van der Waals surface area contributed by atoms with Gasteiger partial charge in [-0.05, 0) is 30.3 Å². The first-order valence-corrected chi connectivity index (χ1v) is 9.84. The van der Waals surface area contributed by atoms with E-state index < -0.39 is 11.7 Å². The van der Waals surface area contributed by atoms with Crippen LogP contribution in [0.1, 0.15) is 11.4 Å². The van der Waals surface area contributed by atoms with Crippen molar-refractivity contribution < 1.29 is 13.2 Å². The number of nitrogens with two attached hydrogens (primary N) is 1. The van der Waals surface area contributed by atoms with Crippen molar-refractivity contribution in [2.75, 3.05) is 42.1 Å².